The zero-order valence-corrected chi connectivity index (χ0v) is 12.2. The van der Waals surface area contributed by atoms with Crippen molar-refractivity contribution in [2.75, 3.05) is 5.73 Å². The minimum atomic E-state index is 0.507. The molecule has 0 aliphatic rings. The van der Waals surface area contributed by atoms with Gasteiger partial charge in [-0.25, -0.2) is 4.98 Å². The molecule has 18 heavy (non-hydrogen) atoms. The Balaban J connectivity index is 1.81. The Morgan fingerprint density at radius 3 is 2.89 bits per heavy atom. The molecule has 0 amide bonds. The number of anilines is 1. The maximum Gasteiger partial charge on any atom is 0.233 e. The smallest absolute Gasteiger partial charge is 0.233 e. The molecule has 3 rings (SSSR count). The van der Waals surface area contributed by atoms with Gasteiger partial charge in [0.2, 0.25) is 11.7 Å². The first kappa shape index (κ1) is 11.8. The van der Waals surface area contributed by atoms with Gasteiger partial charge in [0.15, 0.2) is 5.13 Å². The number of aromatic nitrogens is 3. The summed E-state index contributed by atoms with van der Waals surface area (Å²) in [4.78, 5) is 9.46. The lowest BCUT2D eigenvalue weighted by Gasteiger charge is -1.87. The van der Waals surface area contributed by atoms with Crippen molar-refractivity contribution in [3.05, 3.63) is 32.9 Å². The van der Waals surface area contributed by atoms with Gasteiger partial charge in [0.25, 0.3) is 0 Å². The summed E-state index contributed by atoms with van der Waals surface area (Å²) in [5.74, 6) is 1.14. The summed E-state index contributed by atoms with van der Waals surface area (Å²) in [6, 6.07) is 3.90. The van der Waals surface area contributed by atoms with E-state index < -0.39 is 0 Å². The third-order valence-electron chi connectivity index (χ3n) is 2.16. The van der Waals surface area contributed by atoms with Crippen LogP contribution in [0.1, 0.15) is 11.6 Å². The van der Waals surface area contributed by atoms with Crippen molar-refractivity contribution < 1.29 is 4.52 Å². The van der Waals surface area contributed by atoms with Crippen molar-refractivity contribution in [2.24, 2.45) is 0 Å². The maximum absolute atomic E-state index is 5.57. The standard InChI is InChI=1S/C10H7BrN4OS2/c11-7-2-1-6(18-7)9-14-8(16-15-9)3-5-4-17-10(12)13-5/h1-2,4H,3H2,(H2,12,13). The van der Waals surface area contributed by atoms with Crippen LogP contribution in [0.3, 0.4) is 0 Å². The normalized spacial score (nSPS) is 10.9. The second kappa shape index (κ2) is 4.79. The summed E-state index contributed by atoms with van der Waals surface area (Å²) in [5, 5.41) is 6.39. The Hall–Kier alpha value is -1.25. The number of thiophene rings is 1. The van der Waals surface area contributed by atoms with Crippen LogP contribution >= 0.6 is 38.6 Å². The predicted molar refractivity (Wildman–Crippen MR) is 74.6 cm³/mol. The van der Waals surface area contributed by atoms with E-state index in [2.05, 4.69) is 31.1 Å². The van der Waals surface area contributed by atoms with Gasteiger partial charge in [-0.1, -0.05) is 5.16 Å². The van der Waals surface area contributed by atoms with Gasteiger partial charge in [-0.2, -0.15) is 4.98 Å². The van der Waals surface area contributed by atoms with Gasteiger partial charge in [-0.3, -0.25) is 0 Å². The van der Waals surface area contributed by atoms with E-state index in [1.54, 1.807) is 11.3 Å². The van der Waals surface area contributed by atoms with Crippen molar-refractivity contribution in [3.63, 3.8) is 0 Å². The second-order valence-electron chi connectivity index (χ2n) is 3.47. The minimum absolute atomic E-state index is 0.507. The molecule has 0 unspecified atom stereocenters. The van der Waals surface area contributed by atoms with Gasteiger partial charge in [-0.15, -0.1) is 22.7 Å². The molecule has 0 bridgehead atoms. The first-order valence-electron chi connectivity index (χ1n) is 4.99. The molecule has 92 valence electrons. The van der Waals surface area contributed by atoms with Crippen LogP contribution in [0.5, 0.6) is 0 Å². The molecule has 0 saturated carbocycles. The molecule has 0 radical (unpaired) electrons. The fraction of sp³-hybridized carbons (Fsp3) is 0.100. The van der Waals surface area contributed by atoms with Gasteiger partial charge in [0, 0.05) is 5.38 Å². The quantitative estimate of drug-likeness (QED) is 0.790. The lowest BCUT2D eigenvalue weighted by Crippen LogP contribution is -1.90. The Labute approximate surface area is 119 Å². The molecule has 0 spiro atoms. The average molecular weight is 343 g/mol. The van der Waals surface area contributed by atoms with E-state index in [0.29, 0.717) is 23.3 Å². The molecular weight excluding hydrogens is 336 g/mol. The Morgan fingerprint density at radius 1 is 1.33 bits per heavy atom. The molecule has 2 N–H and O–H groups in total. The van der Waals surface area contributed by atoms with E-state index in [1.165, 1.54) is 11.3 Å². The van der Waals surface area contributed by atoms with Crippen LogP contribution in [0.2, 0.25) is 0 Å². The molecular formula is C10H7BrN4OS2. The van der Waals surface area contributed by atoms with Crippen LogP contribution in [0.4, 0.5) is 5.13 Å². The number of nitrogens with zero attached hydrogens (tertiary/aromatic N) is 3. The highest BCUT2D eigenvalue weighted by Gasteiger charge is 2.12. The van der Waals surface area contributed by atoms with Crippen molar-refractivity contribution in [1.29, 1.82) is 0 Å². The number of nitrogens with two attached hydrogens (primary N) is 1. The van der Waals surface area contributed by atoms with Crippen molar-refractivity contribution >= 4 is 43.7 Å². The van der Waals surface area contributed by atoms with Gasteiger partial charge in [0.05, 0.1) is 20.8 Å². The molecule has 5 nitrogen and oxygen atoms in total. The second-order valence-corrected chi connectivity index (χ2v) is 6.82. The highest BCUT2D eigenvalue weighted by atomic mass is 79.9. The van der Waals surface area contributed by atoms with Gasteiger partial charge >= 0.3 is 0 Å². The van der Waals surface area contributed by atoms with E-state index in [9.17, 15) is 0 Å². The topological polar surface area (TPSA) is 77.8 Å². The van der Waals surface area contributed by atoms with E-state index in [0.717, 1.165) is 14.4 Å². The molecule has 0 aromatic carbocycles. The first-order valence-corrected chi connectivity index (χ1v) is 7.48. The molecule has 8 heteroatoms. The van der Waals surface area contributed by atoms with E-state index >= 15 is 0 Å². The van der Waals surface area contributed by atoms with Crippen LogP contribution in [0.25, 0.3) is 10.7 Å². The van der Waals surface area contributed by atoms with Gasteiger partial charge in [0.1, 0.15) is 0 Å². The third kappa shape index (κ3) is 2.45. The van der Waals surface area contributed by atoms with Crippen molar-refractivity contribution in [1.82, 2.24) is 15.1 Å². The fourth-order valence-electron chi connectivity index (χ4n) is 1.42. The predicted octanol–water partition coefficient (Wildman–Crippen LogP) is 3.19. The molecule has 3 aromatic heterocycles. The zero-order chi connectivity index (χ0) is 12.5. The molecule has 0 fully saturated rings. The molecule has 3 aromatic rings. The lowest BCUT2D eigenvalue weighted by molar-refractivity contribution is 0.385. The maximum atomic E-state index is 5.57. The van der Waals surface area contributed by atoms with E-state index in [-0.39, 0.29) is 0 Å². The molecule has 0 aliphatic heterocycles. The number of nitrogen functional groups attached to an aromatic ring is 1. The van der Waals surface area contributed by atoms with Crippen LogP contribution in [-0.2, 0) is 6.42 Å². The van der Waals surface area contributed by atoms with Crippen molar-refractivity contribution in [2.45, 2.75) is 6.42 Å². The Bertz CT molecular complexity index is 675. The summed E-state index contributed by atoms with van der Waals surface area (Å²) in [7, 11) is 0. The summed E-state index contributed by atoms with van der Waals surface area (Å²) in [6.45, 7) is 0. The van der Waals surface area contributed by atoms with Crippen LogP contribution in [0, 0.1) is 0 Å². The van der Waals surface area contributed by atoms with Crippen LogP contribution in [0.15, 0.2) is 25.8 Å². The molecule has 3 heterocycles. The number of thiazole rings is 1. The largest absolute Gasteiger partial charge is 0.375 e. The van der Waals surface area contributed by atoms with Crippen LogP contribution < -0.4 is 5.73 Å². The highest BCUT2D eigenvalue weighted by molar-refractivity contribution is 9.11. The monoisotopic (exact) mass is 342 g/mol. The summed E-state index contributed by atoms with van der Waals surface area (Å²) in [5.41, 5.74) is 6.42. The zero-order valence-electron chi connectivity index (χ0n) is 8.96. The third-order valence-corrected chi connectivity index (χ3v) is 4.51. The highest BCUT2D eigenvalue weighted by Crippen LogP contribution is 2.29. The summed E-state index contributed by atoms with van der Waals surface area (Å²) < 4.78 is 6.23. The summed E-state index contributed by atoms with van der Waals surface area (Å²) in [6.07, 6.45) is 0.507. The van der Waals surface area contributed by atoms with E-state index in [1.807, 2.05) is 17.5 Å². The Kier molecular flexibility index (Phi) is 3.14. The van der Waals surface area contributed by atoms with Crippen LogP contribution in [-0.4, -0.2) is 15.1 Å². The van der Waals surface area contributed by atoms with Gasteiger partial charge < -0.3 is 10.3 Å². The number of rotatable bonds is 3. The number of hydrogen-bond donors (Lipinski definition) is 1. The SMILES string of the molecule is Nc1nc(Cc2nc(-c3ccc(Br)s3)no2)cs1. The fourth-order valence-corrected chi connectivity index (χ4v) is 3.29. The number of halogens is 1. The van der Waals surface area contributed by atoms with Crippen molar-refractivity contribution in [3.8, 4) is 10.7 Å². The minimum Gasteiger partial charge on any atom is -0.375 e. The molecule has 0 aliphatic carbocycles. The average Bonchev–Trinajstić information content (AvgIpc) is 3.01. The van der Waals surface area contributed by atoms with Gasteiger partial charge in [-0.05, 0) is 28.1 Å². The lowest BCUT2D eigenvalue weighted by atomic mass is 10.3. The Morgan fingerprint density at radius 2 is 2.22 bits per heavy atom. The summed E-state index contributed by atoms with van der Waals surface area (Å²) >= 11 is 6.37. The first-order chi connectivity index (χ1) is 8.70. The number of hydrogen-bond acceptors (Lipinski definition) is 7. The van der Waals surface area contributed by atoms with E-state index in [4.69, 9.17) is 10.3 Å². The molecule has 0 atom stereocenters. The molecule has 0 saturated heterocycles.